The fourth-order valence-electron chi connectivity index (χ4n) is 1.66. The summed E-state index contributed by atoms with van der Waals surface area (Å²) in [6, 6.07) is 8.04. The molecule has 0 saturated heterocycles. The van der Waals surface area contributed by atoms with Crippen LogP contribution in [0.5, 0.6) is 0 Å². The van der Waals surface area contributed by atoms with Crippen molar-refractivity contribution in [1.82, 2.24) is 9.97 Å². The molecule has 3 rings (SSSR count). The summed E-state index contributed by atoms with van der Waals surface area (Å²) in [7, 11) is 0. The predicted molar refractivity (Wildman–Crippen MR) is 55.2 cm³/mol. The molecule has 2 heterocycles. The second-order valence-electron chi connectivity index (χ2n) is 3.11. The van der Waals surface area contributed by atoms with Gasteiger partial charge in [-0.2, -0.15) is 0 Å². The number of fused-ring (bicyclic) bond motifs is 3. The van der Waals surface area contributed by atoms with Gasteiger partial charge in [-0.3, -0.25) is 0 Å². The van der Waals surface area contributed by atoms with Crippen LogP contribution in [0.4, 0.5) is 0 Å². The average Bonchev–Trinajstić information content (AvgIpc) is 2.59. The van der Waals surface area contributed by atoms with Crippen LogP contribution < -0.4 is 17.4 Å². The highest BCUT2D eigenvalue weighted by Gasteiger charge is 2.12. The number of nitrogens with one attached hydrogen (secondary N) is 2. The van der Waals surface area contributed by atoms with Crippen molar-refractivity contribution >= 4 is 33.5 Å². The number of rotatable bonds is 0. The molecule has 0 aliphatic carbocycles. The maximum Gasteiger partial charge on any atom is 0.286 e. The lowest BCUT2D eigenvalue weighted by Gasteiger charge is -1.84. The van der Waals surface area contributed by atoms with E-state index in [0.717, 1.165) is 21.9 Å². The smallest absolute Gasteiger partial charge is 0.286 e. The number of H-pyrrole nitrogens is 2. The summed E-state index contributed by atoms with van der Waals surface area (Å²) in [4.78, 5) is 10.3. The Morgan fingerprint density at radius 1 is 1.27 bits per heavy atom. The first-order chi connectivity index (χ1) is 6.86. The molecule has 0 aliphatic rings. The van der Waals surface area contributed by atoms with Crippen LogP contribution in [0.1, 0.15) is 0 Å². The van der Waals surface area contributed by atoms with E-state index in [0.29, 0.717) is 5.15 Å². The van der Waals surface area contributed by atoms with Crippen molar-refractivity contribution in [3.63, 3.8) is 0 Å². The second kappa shape index (κ2) is 3.68. The van der Waals surface area contributed by atoms with Gasteiger partial charge in [0.2, 0.25) is 0 Å². The molecule has 2 aromatic heterocycles. The normalized spacial score (nSPS) is 10.5. The molecule has 0 saturated carbocycles. The zero-order valence-corrected chi connectivity index (χ0v) is 9.10. The summed E-state index contributed by atoms with van der Waals surface area (Å²) < 4.78 is 0. The van der Waals surface area contributed by atoms with Crippen molar-refractivity contribution in [3.05, 3.63) is 35.7 Å². The molecule has 1 aromatic carbocycles. The van der Waals surface area contributed by atoms with Gasteiger partial charge in [0.15, 0.2) is 11.0 Å². The maximum absolute atomic E-state index is 5.97. The van der Waals surface area contributed by atoms with Crippen LogP contribution in [-0.2, 0) is 0 Å². The highest BCUT2D eigenvalue weighted by Crippen LogP contribution is 2.24. The van der Waals surface area contributed by atoms with Gasteiger partial charge in [-0.25, -0.2) is 4.98 Å². The molecule has 0 bridgehead atoms. The van der Waals surface area contributed by atoms with Crippen molar-refractivity contribution in [2.24, 2.45) is 0 Å². The van der Waals surface area contributed by atoms with Crippen molar-refractivity contribution in [2.45, 2.75) is 0 Å². The van der Waals surface area contributed by atoms with Gasteiger partial charge in [-0.15, -0.1) is 0 Å². The summed E-state index contributed by atoms with van der Waals surface area (Å²) >= 11 is 5.97. The molecule has 0 atom stereocenters. The second-order valence-corrected chi connectivity index (χ2v) is 3.47. The number of aromatic amines is 2. The first kappa shape index (κ1) is 10.2. The van der Waals surface area contributed by atoms with E-state index in [1.165, 1.54) is 0 Å². The average molecular weight is 240 g/mol. The minimum Gasteiger partial charge on any atom is -1.00 e. The van der Waals surface area contributed by atoms with E-state index in [4.69, 9.17) is 11.6 Å². The van der Waals surface area contributed by atoms with E-state index in [2.05, 4.69) is 15.0 Å². The Labute approximate surface area is 96.9 Å². The Kier molecular flexibility index (Phi) is 2.50. The zero-order valence-electron chi connectivity index (χ0n) is 7.59. The third-order valence-corrected chi connectivity index (χ3v) is 2.59. The Morgan fingerprint density at radius 3 is 2.93 bits per heavy atom. The molecule has 0 amide bonds. The largest absolute Gasteiger partial charge is 1.00 e. The van der Waals surface area contributed by atoms with Gasteiger partial charge >= 0.3 is 0 Å². The molecule has 15 heavy (non-hydrogen) atoms. The Hall–Kier alpha value is -1.32. The van der Waals surface area contributed by atoms with Gasteiger partial charge in [-0.1, -0.05) is 12.1 Å². The van der Waals surface area contributed by atoms with Crippen LogP contribution >= 0.6 is 11.6 Å². The molecule has 3 aromatic rings. The van der Waals surface area contributed by atoms with Gasteiger partial charge in [0, 0.05) is 5.39 Å². The highest BCUT2D eigenvalue weighted by molar-refractivity contribution is 6.34. The Bertz CT molecular complexity index is 618. The SMILES string of the molecule is Clc1nc[nH+]c2c1[nH]c1ccccc12.[Cl-]. The van der Waals surface area contributed by atoms with Crippen LogP contribution in [0.3, 0.4) is 0 Å². The topological polar surface area (TPSA) is 42.8 Å². The summed E-state index contributed by atoms with van der Waals surface area (Å²) in [6.45, 7) is 0. The van der Waals surface area contributed by atoms with Crippen molar-refractivity contribution in [2.75, 3.05) is 0 Å². The van der Waals surface area contributed by atoms with Gasteiger partial charge < -0.3 is 17.4 Å². The van der Waals surface area contributed by atoms with Crippen molar-refractivity contribution in [1.29, 1.82) is 0 Å². The van der Waals surface area contributed by atoms with E-state index in [-0.39, 0.29) is 12.4 Å². The molecular formula is C10H7Cl2N3. The van der Waals surface area contributed by atoms with Crippen LogP contribution in [0.15, 0.2) is 30.6 Å². The predicted octanol–water partition coefficient (Wildman–Crippen LogP) is -0.812. The molecule has 0 unspecified atom stereocenters. The summed E-state index contributed by atoms with van der Waals surface area (Å²) in [5.41, 5.74) is 2.92. The number of aromatic nitrogens is 3. The minimum atomic E-state index is 0. The van der Waals surface area contributed by atoms with Gasteiger partial charge in [-0.05, 0) is 28.7 Å². The van der Waals surface area contributed by atoms with Crippen molar-refractivity contribution in [3.8, 4) is 0 Å². The monoisotopic (exact) mass is 239 g/mol. The molecule has 76 valence electrons. The molecule has 2 N–H and O–H groups in total. The van der Waals surface area contributed by atoms with Crippen LogP contribution in [0.2, 0.25) is 5.15 Å². The van der Waals surface area contributed by atoms with Gasteiger partial charge in [0.05, 0.1) is 5.52 Å². The number of para-hydroxylation sites is 1. The Morgan fingerprint density at radius 2 is 2.07 bits per heavy atom. The molecule has 0 aliphatic heterocycles. The zero-order chi connectivity index (χ0) is 9.54. The highest BCUT2D eigenvalue weighted by atomic mass is 35.5. The number of halogens is 2. The van der Waals surface area contributed by atoms with Crippen LogP contribution in [-0.4, -0.2) is 9.97 Å². The third kappa shape index (κ3) is 1.44. The first-order valence-corrected chi connectivity index (χ1v) is 4.66. The van der Waals surface area contributed by atoms with Crippen LogP contribution in [0, 0.1) is 0 Å². The Balaban J connectivity index is 0.000000853. The lowest BCUT2D eigenvalue weighted by Crippen LogP contribution is -3.00. The lowest BCUT2D eigenvalue weighted by atomic mass is 10.2. The molecule has 0 spiro atoms. The van der Waals surface area contributed by atoms with E-state index >= 15 is 0 Å². The van der Waals surface area contributed by atoms with E-state index in [1.807, 2.05) is 24.3 Å². The molecule has 5 heteroatoms. The fraction of sp³-hybridized carbons (Fsp3) is 0. The fourth-order valence-corrected chi connectivity index (χ4v) is 1.86. The molecule has 0 fully saturated rings. The van der Waals surface area contributed by atoms with E-state index in [9.17, 15) is 0 Å². The quantitative estimate of drug-likeness (QED) is 0.513. The standard InChI is InChI=1S/C10H6ClN3.ClH/c11-10-9-8(12-5-13-10)6-3-1-2-4-7(6)14-9;/h1-5,14H;1H. The van der Waals surface area contributed by atoms with Gasteiger partial charge in [0.1, 0.15) is 0 Å². The van der Waals surface area contributed by atoms with Crippen LogP contribution in [0.25, 0.3) is 21.9 Å². The minimum absolute atomic E-state index is 0. The first-order valence-electron chi connectivity index (χ1n) is 4.29. The number of hydrogen-bond acceptors (Lipinski definition) is 1. The summed E-state index contributed by atoms with van der Waals surface area (Å²) in [5.74, 6) is 0. The lowest BCUT2D eigenvalue weighted by molar-refractivity contribution is -0.348. The third-order valence-electron chi connectivity index (χ3n) is 2.30. The summed E-state index contributed by atoms with van der Waals surface area (Å²) in [6.07, 6.45) is 1.60. The maximum atomic E-state index is 5.97. The molecule has 0 radical (unpaired) electrons. The van der Waals surface area contributed by atoms with Crippen molar-refractivity contribution < 1.29 is 17.4 Å². The van der Waals surface area contributed by atoms with Gasteiger partial charge in [0.25, 0.3) is 11.5 Å². The molecular weight excluding hydrogens is 233 g/mol. The number of benzene rings is 1. The van der Waals surface area contributed by atoms with E-state index < -0.39 is 0 Å². The number of nitrogens with zero attached hydrogens (tertiary/aromatic N) is 1. The summed E-state index contributed by atoms with van der Waals surface area (Å²) in [5, 5.41) is 1.63. The molecule has 3 nitrogen and oxygen atoms in total. The van der Waals surface area contributed by atoms with E-state index in [1.54, 1.807) is 6.33 Å². The number of hydrogen-bond donors (Lipinski definition) is 1.